The molecule has 3 nitrogen and oxygen atoms in total. The zero-order valence-electron chi connectivity index (χ0n) is 7.92. The number of nitrogens with one attached hydrogen (secondary N) is 1. The highest BCUT2D eigenvalue weighted by molar-refractivity contribution is 9.10. The van der Waals surface area contributed by atoms with Gasteiger partial charge in [0.25, 0.3) is 0 Å². The Morgan fingerprint density at radius 1 is 1.57 bits per heavy atom. The highest BCUT2D eigenvalue weighted by Crippen LogP contribution is 2.23. The van der Waals surface area contributed by atoms with Gasteiger partial charge < -0.3 is 11.1 Å². The lowest BCUT2D eigenvalue weighted by Gasteiger charge is -2.13. The number of aliphatic imine (C=N–C) groups is 1. The number of benzene rings is 1. The van der Waals surface area contributed by atoms with Gasteiger partial charge in [0.15, 0.2) is 5.96 Å². The fraction of sp³-hybridized carbons (Fsp3) is 0.300. The first-order chi connectivity index (χ1) is 6.66. The molecule has 0 aromatic heterocycles. The lowest BCUT2D eigenvalue weighted by atomic mass is 10.0. The molecule has 0 amide bonds. The lowest BCUT2D eigenvalue weighted by molar-refractivity contribution is 0.702. The van der Waals surface area contributed by atoms with Crippen molar-refractivity contribution < 1.29 is 0 Å². The topological polar surface area (TPSA) is 50.4 Å². The van der Waals surface area contributed by atoms with Gasteiger partial charge in [0.1, 0.15) is 0 Å². The van der Waals surface area contributed by atoms with Crippen LogP contribution in [0.3, 0.4) is 0 Å². The Labute approximate surface area is 91.5 Å². The fourth-order valence-corrected chi connectivity index (χ4v) is 2.14. The summed E-state index contributed by atoms with van der Waals surface area (Å²) < 4.78 is 1.10. The van der Waals surface area contributed by atoms with Crippen molar-refractivity contribution >= 4 is 21.9 Å². The summed E-state index contributed by atoms with van der Waals surface area (Å²) in [5.74, 6) is 0.539. The minimum atomic E-state index is 0.239. The SMILES string of the molecule is Cc1cc(Br)ccc1C1CN=C(N)N1. The number of hydrogen-bond donors (Lipinski definition) is 2. The first-order valence-electron chi connectivity index (χ1n) is 4.49. The second-order valence-corrected chi connectivity index (χ2v) is 4.34. The van der Waals surface area contributed by atoms with E-state index in [0.29, 0.717) is 5.96 Å². The molecule has 0 spiro atoms. The molecule has 1 aromatic rings. The van der Waals surface area contributed by atoms with Gasteiger partial charge in [-0.25, -0.2) is 0 Å². The fourth-order valence-electron chi connectivity index (χ4n) is 1.67. The van der Waals surface area contributed by atoms with Crippen LogP contribution in [0.5, 0.6) is 0 Å². The van der Waals surface area contributed by atoms with E-state index in [-0.39, 0.29) is 6.04 Å². The summed E-state index contributed by atoms with van der Waals surface area (Å²) in [5.41, 5.74) is 8.09. The Morgan fingerprint density at radius 2 is 2.36 bits per heavy atom. The third-order valence-corrected chi connectivity index (χ3v) is 2.87. The van der Waals surface area contributed by atoms with Gasteiger partial charge in [-0.05, 0) is 30.2 Å². The van der Waals surface area contributed by atoms with Crippen LogP contribution < -0.4 is 11.1 Å². The molecule has 14 heavy (non-hydrogen) atoms. The summed E-state index contributed by atoms with van der Waals surface area (Å²) in [6.45, 7) is 2.82. The Kier molecular flexibility index (Phi) is 2.46. The second kappa shape index (κ2) is 3.61. The number of hydrogen-bond acceptors (Lipinski definition) is 3. The van der Waals surface area contributed by atoms with E-state index < -0.39 is 0 Å². The zero-order valence-corrected chi connectivity index (χ0v) is 9.51. The normalized spacial score (nSPS) is 20.4. The van der Waals surface area contributed by atoms with Crippen LogP contribution in [0.25, 0.3) is 0 Å². The van der Waals surface area contributed by atoms with Crippen molar-refractivity contribution in [1.82, 2.24) is 5.32 Å². The van der Waals surface area contributed by atoms with Gasteiger partial charge in [-0.2, -0.15) is 0 Å². The first kappa shape index (κ1) is 9.52. The molecule has 3 N–H and O–H groups in total. The number of aryl methyl sites for hydroxylation is 1. The third-order valence-electron chi connectivity index (χ3n) is 2.37. The van der Waals surface area contributed by atoms with Gasteiger partial charge >= 0.3 is 0 Å². The Morgan fingerprint density at radius 3 is 2.93 bits per heavy atom. The minimum Gasteiger partial charge on any atom is -0.370 e. The Balaban J connectivity index is 2.25. The van der Waals surface area contributed by atoms with E-state index in [9.17, 15) is 0 Å². The van der Waals surface area contributed by atoms with Crippen molar-refractivity contribution in [2.24, 2.45) is 10.7 Å². The maximum atomic E-state index is 5.57. The summed E-state index contributed by atoms with van der Waals surface area (Å²) in [6, 6.07) is 6.48. The van der Waals surface area contributed by atoms with Crippen molar-refractivity contribution in [2.75, 3.05) is 6.54 Å². The third kappa shape index (κ3) is 1.75. The quantitative estimate of drug-likeness (QED) is 0.801. The Bertz CT molecular complexity index is 387. The van der Waals surface area contributed by atoms with Crippen LogP contribution >= 0.6 is 15.9 Å². The molecular weight excluding hydrogens is 242 g/mol. The summed E-state index contributed by atoms with van der Waals surface area (Å²) in [4.78, 5) is 4.13. The minimum absolute atomic E-state index is 0.239. The molecule has 1 aromatic carbocycles. The molecule has 0 saturated heterocycles. The van der Waals surface area contributed by atoms with E-state index in [1.54, 1.807) is 0 Å². The second-order valence-electron chi connectivity index (χ2n) is 3.42. The van der Waals surface area contributed by atoms with Crippen LogP contribution in [0.1, 0.15) is 17.2 Å². The van der Waals surface area contributed by atoms with Gasteiger partial charge in [0.2, 0.25) is 0 Å². The van der Waals surface area contributed by atoms with Gasteiger partial charge in [0, 0.05) is 4.47 Å². The largest absolute Gasteiger partial charge is 0.370 e. The van der Waals surface area contributed by atoms with Gasteiger partial charge in [0.05, 0.1) is 12.6 Å². The highest BCUT2D eigenvalue weighted by atomic mass is 79.9. The van der Waals surface area contributed by atoms with Crippen molar-refractivity contribution in [3.8, 4) is 0 Å². The van der Waals surface area contributed by atoms with Crippen LogP contribution in [0, 0.1) is 6.92 Å². The highest BCUT2D eigenvalue weighted by Gasteiger charge is 2.18. The Hall–Kier alpha value is -1.03. The average molecular weight is 254 g/mol. The maximum absolute atomic E-state index is 5.57. The molecule has 0 radical (unpaired) electrons. The van der Waals surface area contributed by atoms with E-state index in [1.165, 1.54) is 11.1 Å². The predicted molar refractivity (Wildman–Crippen MR) is 61.2 cm³/mol. The number of nitrogens with two attached hydrogens (primary N) is 1. The van der Waals surface area contributed by atoms with Crippen LogP contribution in [0.4, 0.5) is 0 Å². The standard InChI is InChI=1S/C10H12BrN3/c1-6-4-7(11)2-3-8(6)9-5-13-10(12)14-9/h2-4,9H,5H2,1H3,(H3,12,13,14). The van der Waals surface area contributed by atoms with Crippen molar-refractivity contribution in [2.45, 2.75) is 13.0 Å². The lowest BCUT2D eigenvalue weighted by Crippen LogP contribution is -2.29. The summed E-state index contributed by atoms with van der Waals surface area (Å²) in [6.07, 6.45) is 0. The van der Waals surface area contributed by atoms with E-state index in [0.717, 1.165) is 11.0 Å². The van der Waals surface area contributed by atoms with Crippen molar-refractivity contribution in [1.29, 1.82) is 0 Å². The molecule has 0 bridgehead atoms. The smallest absolute Gasteiger partial charge is 0.189 e. The first-order valence-corrected chi connectivity index (χ1v) is 5.28. The molecule has 1 atom stereocenters. The molecule has 0 fully saturated rings. The van der Waals surface area contributed by atoms with E-state index in [2.05, 4.69) is 45.3 Å². The van der Waals surface area contributed by atoms with E-state index >= 15 is 0 Å². The van der Waals surface area contributed by atoms with Gasteiger partial charge in [-0.1, -0.05) is 22.0 Å². The van der Waals surface area contributed by atoms with Crippen LogP contribution in [-0.4, -0.2) is 12.5 Å². The average Bonchev–Trinajstić information content (AvgIpc) is 2.51. The summed E-state index contributed by atoms with van der Waals surface area (Å²) in [5, 5.41) is 3.14. The summed E-state index contributed by atoms with van der Waals surface area (Å²) in [7, 11) is 0. The van der Waals surface area contributed by atoms with Crippen molar-refractivity contribution in [3.63, 3.8) is 0 Å². The van der Waals surface area contributed by atoms with E-state index in [1.807, 2.05) is 6.07 Å². The molecule has 4 heteroatoms. The predicted octanol–water partition coefficient (Wildman–Crippen LogP) is 1.72. The van der Waals surface area contributed by atoms with Gasteiger partial charge in [-0.15, -0.1) is 0 Å². The molecule has 74 valence electrons. The van der Waals surface area contributed by atoms with Crippen LogP contribution in [-0.2, 0) is 0 Å². The molecule has 0 aliphatic carbocycles. The number of halogens is 1. The maximum Gasteiger partial charge on any atom is 0.189 e. The molecule has 1 unspecified atom stereocenters. The van der Waals surface area contributed by atoms with Crippen LogP contribution in [0.2, 0.25) is 0 Å². The molecule has 1 aliphatic heterocycles. The molecule has 1 heterocycles. The number of guanidine groups is 1. The number of rotatable bonds is 1. The van der Waals surface area contributed by atoms with Crippen molar-refractivity contribution in [3.05, 3.63) is 33.8 Å². The van der Waals surface area contributed by atoms with Gasteiger partial charge in [-0.3, -0.25) is 4.99 Å². The summed E-state index contributed by atoms with van der Waals surface area (Å²) >= 11 is 3.44. The molecular formula is C10H12BrN3. The molecule has 0 saturated carbocycles. The monoisotopic (exact) mass is 253 g/mol. The van der Waals surface area contributed by atoms with E-state index in [4.69, 9.17) is 5.73 Å². The van der Waals surface area contributed by atoms with Crippen LogP contribution in [0.15, 0.2) is 27.7 Å². The number of nitrogens with zero attached hydrogens (tertiary/aromatic N) is 1. The molecule has 2 rings (SSSR count). The molecule has 1 aliphatic rings. The zero-order chi connectivity index (χ0) is 10.1.